The van der Waals surface area contributed by atoms with Gasteiger partial charge < -0.3 is 10.1 Å². The number of fused-ring (bicyclic) bond motifs is 3. The molecule has 0 spiro atoms. The number of nitrogens with one attached hydrogen (secondary N) is 2. The molecule has 0 aromatic heterocycles. The topological polar surface area (TPSA) is 67.4 Å². The number of halogens is 1. The second-order valence-corrected chi connectivity index (χ2v) is 11.9. The van der Waals surface area contributed by atoms with Gasteiger partial charge in [-0.15, -0.1) is 0 Å². The molecule has 3 aromatic rings. The molecule has 3 atom stereocenters. The van der Waals surface area contributed by atoms with Gasteiger partial charge in [0.25, 0.3) is 10.0 Å². The van der Waals surface area contributed by atoms with E-state index >= 15 is 0 Å². The molecule has 2 heterocycles. The Balaban J connectivity index is 1.26. The molecule has 5 nitrogen and oxygen atoms in total. The van der Waals surface area contributed by atoms with Gasteiger partial charge >= 0.3 is 0 Å². The van der Waals surface area contributed by atoms with E-state index < -0.39 is 15.8 Å². The summed E-state index contributed by atoms with van der Waals surface area (Å²) in [6.45, 7) is 0. The quantitative estimate of drug-likeness (QED) is 0.403. The van der Waals surface area contributed by atoms with Crippen molar-refractivity contribution in [3.05, 3.63) is 95.8 Å². The van der Waals surface area contributed by atoms with Gasteiger partial charge in [-0.25, -0.2) is 12.8 Å². The Morgan fingerprint density at radius 3 is 2.49 bits per heavy atom. The van der Waals surface area contributed by atoms with Gasteiger partial charge in [-0.1, -0.05) is 24.3 Å². The maximum Gasteiger partial charge on any atom is 0.261 e. The lowest BCUT2D eigenvalue weighted by molar-refractivity contribution is 0.240. The predicted molar refractivity (Wildman–Crippen MR) is 138 cm³/mol. The van der Waals surface area contributed by atoms with E-state index in [1.165, 1.54) is 29.8 Å². The van der Waals surface area contributed by atoms with Crippen molar-refractivity contribution in [1.82, 2.24) is 0 Å². The summed E-state index contributed by atoms with van der Waals surface area (Å²) in [5.74, 6) is 3.01. The SMILES string of the molecule is O=S(=O)(Nc1ccc(F)cc1)c1ccc2c(c1)[C@H]1C=CC[C@H]1[C@@H](c1ccc(OC3CSC3)cc1)N2. The van der Waals surface area contributed by atoms with E-state index in [4.69, 9.17) is 4.74 Å². The van der Waals surface area contributed by atoms with Crippen LogP contribution in [0.1, 0.15) is 29.5 Å². The van der Waals surface area contributed by atoms with Crippen LogP contribution in [0.4, 0.5) is 15.8 Å². The lowest BCUT2D eigenvalue weighted by atomic mass is 9.77. The first kappa shape index (κ1) is 22.5. The summed E-state index contributed by atoms with van der Waals surface area (Å²) in [6.07, 6.45) is 5.61. The van der Waals surface area contributed by atoms with Gasteiger partial charge in [-0.05, 0) is 78.1 Å². The summed E-state index contributed by atoms with van der Waals surface area (Å²) in [4.78, 5) is 0.190. The zero-order valence-corrected chi connectivity index (χ0v) is 20.5. The van der Waals surface area contributed by atoms with E-state index in [1.54, 1.807) is 12.1 Å². The third-order valence-electron chi connectivity index (χ3n) is 6.89. The highest BCUT2D eigenvalue weighted by molar-refractivity contribution is 8.00. The number of allylic oxidation sites excluding steroid dienone is 2. The van der Waals surface area contributed by atoms with Crippen LogP contribution in [0.25, 0.3) is 0 Å². The molecular weight excluding hydrogens is 483 g/mol. The van der Waals surface area contributed by atoms with Crippen LogP contribution in [0.15, 0.2) is 83.8 Å². The summed E-state index contributed by atoms with van der Waals surface area (Å²) in [5.41, 5.74) is 3.43. The van der Waals surface area contributed by atoms with Gasteiger partial charge in [0.2, 0.25) is 0 Å². The van der Waals surface area contributed by atoms with Crippen LogP contribution >= 0.6 is 11.8 Å². The van der Waals surface area contributed by atoms with Gasteiger partial charge in [0.1, 0.15) is 17.7 Å². The Morgan fingerprint density at radius 1 is 1.00 bits per heavy atom. The Hall–Kier alpha value is -2.97. The average molecular weight is 509 g/mol. The molecular formula is C27H25FN2O3S2. The molecule has 35 heavy (non-hydrogen) atoms. The molecule has 3 aliphatic rings. The van der Waals surface area contributed by atoms with Crippen molar-refractivity contribution < 1.29 is 17.5 Å². The minimum atomic E-state index is -3.81. The fourth-order valence-corrected chi connectivity index (χ4v) is 6.69. The molecule has 0 bridgehead atoms. The van der Waals surface area contributed by atoms with Crippen LogP contribution < -0.4 is 14.8 Å². The van der Waals surface area contributed by atoms with Gasteiger partial charge in [0.15, 0.2) is 0 Å². The molecule has 3 aromatic carbocycles. The zero-order chi connectivity index (χ0) is 24.0. The monoisotopic (exact) mass is 508 g/mol. The second kappa shape index (κ2) is 8.91. The van der Waals surface area contributed by atoms with Crippen molar-refractivity contribution in [3.8, 4) is 5.75 Å². The van der Waals surface area contributed by atoms with E-state index in [1.807, 2.05) is 30.0 Å². The molecule has 180 valence electrons. The molecule has 1 fully saturated rings. The van der Waals surface area contributed by atoms with Gasteiger partial charge in [0, 0.05) is 28.8 Å². The standard InChI is InChI=1S/C27H25FN2O3S2/c28-18-6-8-19(9-7-18)30-35(31,32)22-12-13-26-25(14-22)23-2-1-3-24(23)27(29-26)17-4-10-20(11-5-17)33-21-15-34-16-21/h1-2,4-14,21,23-24,27,29-30H,3,15-16H2/t23-,24+,27+/m0/s1. The summed E-state index contributed by atoms with van der Waals surface area (Å²) in [5, 5.41) is 3.66. The average Bonchev–Trinajstić information content (AvgIpc) is 3.33. The van der Waals surface area contributed by atoms with Crippen LogP contribution in [-0.2, 0) is 10.0 Å². The first-order chi connectivity index (χ1) is 17.0. The highest BCUT2D eigenvalue weighted by Crippen LogP contribution is 2.50. The normalized spacial score (nSPS) is 23.1. The van der Waals surface area contributed by atoms with E-state index in [9.17, 15) is 12.8 Å². The highest BCUT2D eigenvalue weighted by Gasteiger charge is 2.38. The smallest absolute Gasteiger partial charge is 0.261 e. The Morgan fingerprint density at radius 2 is 1.77 bits per heavy atom. The van der Waals surface area contributed by atoms with Gasteiger partial charge in [-0.2, -0.15) is 11.8 Å². The molecule has 0 unspecified atom stereocenters. The third kappa shape index (κ3) is 4.41. The summed E-state index contributed by atoms with van der Waals surface area (Å²) in [7, 11) is -3.81. The zero-order valence-electron chi connectivity index (χ0n) is 18.9. The lowest BCUT2D eigenvalue weighted by Crippen LogP contribution is -2.31. The van der Waals surface area contributed by atoms with Crippen molar-refractivity contribution in [2.24, 2.45) is 5.92 Å². The van der Waals surface area contributed by atoms with Crippen LogP contribution in [0.5, 0.6) is 5.75 Å². The van der Waals surface area contributed by atoms with Crippen LogP contribution in [0.3, 0.4) is 0 Å². The summed E-state index contributed by atoms with van der Waals surface area (Å²) >= 11 is 1.90. The highest BCUT2D eigenvalue weighted by atomic mass is 32.2. The molecule has 8 heteroatoms. The Bertz CT molecular complexity index is 1370. The summed E-state index contributed by atoms with van der Waals surface area (Å²) < 4.78 is 47.8. The Kier molecular flexibility index (Phi) is 5.73. The van der Waals surface area contributed by atoms with E-state index in [-0.39, 0.29) is 16.9 Å². The molecule has 0 saturated carbocycles. The van der Waals surface area contributed by atoms with Crippen molar-refractivity contribution in [1.29, 1.82) is 0 Å². The molecule has 0 radical (unpaired) electrons. The van der Waals surface area contributed by atoms with Crippen LogP contribution in [0, 0.1) is 11.7 Å². The lowest BCUT2D eigenvalue weighted by Gasteiger charge is -2.37. The molecule has 0 amide bonds. The predicted octanol–water partition coefficient (Wildman–Crippen LogP) is 5.95. The van der Waals surface area contributed by atoms with Crippen molar-refractivity contribution in [2.45, 2.75) is 29.4 Å². The molecule has 1 aliphatic carbocycles. The number of benzene rings is 3. The fourth-order valence-electron chi connectivity index (χ4n) is 5.03. The second-order valence-electron chi connectivity index (χ2n) is 9.18. The molecule has 6 rings (SSSR count). The number of thioether (sulfide) groups is 1. The summed E-state index contributed by atoms with van der Waals surface area (Å²) in [6, 6.07) is 19.0. The maximum absolute atomic E-state index is 13.2. The first-order valence-corrected chi connectivity index (χ1v) is 14.3. The minimum absolute atomic E-state index is 0.121. The number of hydrogen-bond donors (Lipinski definition) is 2. The fraction of sp³-hybridized carbons (Fsp3) is 0.259. The van der Waals surface area contributed by atoms with Crippen molar-refractivity contribution >= 4 is 33.2 Å². The number of hydrogen-bond acceptors (Lipinski definition) is 5. The van der Waals surface area contributed by atoms with E-state index in [0.29, 0.717) is 17.7 Å². The minimum Gasteiger partial charge on any atom is -0.489 e. The molecule has 2 aliphatic heterocycles. The Labute approximate surface area is 208 Å². The molecule has 2 N–H and O–H groups in total. The first-order valence-electron chi connectivity index (χ1n) is 11.7. The number of sulfonamides is 1. The van der Waals surface area contributed by atoms with Crippen molar-refractivity contribution in [3.63, 3.8) is 0 Å². The molecule has 1 saturated heterocycles. The van der Waals surface area contributed by atoms with Crippen LogP contribution in [0.2, 0.25) is 0 Å². The number of anilines is 2. The third-order valence-corrected chi connectivity index (χ3v) is 9.48. The number of ether oxygens (including phenoxy) is 1. The van der Waals surface area contributed by atoms with Crippen LogP contribution in [-0.4, -0.2) is 26.0 Å². The van der Waals surface area contributed by atoms with Gasteiger partial charge in [-0.3, -0.25) is 4.72 Å². The number of rotatable bonds is 6. The maximum atomic E-state index is 13.2. The van der Waals surface area contributed by atoms with Gasteiger partial charge in [0.05, 0.1) is 10.9 Å². The van der Waals surface area contributed by atoms with Crippen molar-refractivity contribution in [2.75, 3.05) is 21.5 Å². The van der Waals surface area contributed by atoms with E-state index in [0.717, 1.165) is 34.9 Å². The van der Waals surface area contributed by atoms with E-state index in [2.05, 4.69) is 34.3 Å². The largest absolute Gasteiger partial charge is 0.489 e.